The number of hydrogen-bond acceptors (Lipinski definition) is 13. The predicted octanol–water partition coefficient (Wildman–Crippen LogP) is 4.86. The van der Waals surface area contributed by atoms with Gasteiger partial charge in [0.15, 0.2) is 30.7 Å². The molecule has 226 valence electrons. The SMILES string of the molecule is CCOP(=O)(CS(=O)(=O)c1ccc(N)cc1)OCC.CCOP(=O)(CS(=O)(=O)c1ccc([N+](=O)[O-])cc1)OCC. The average Bonchev–Trinajstić information content (AvgIpc) is 2.84. The van der Waals surface area contributed by atoms with E-state index < -0.39 is 50.8 Å². The van der Waals surface area contributed by atoms with Gasteiger partial charge in [0.1, 0.15) is 0 Å². The molecular formula is C22H34N2O12P2S2. The molecule has 0 fully saturated rings. The van der Waals surface area contributed by atoms with E-state index >= 15 is 0 Å². The number of anilines is 1. The summed E-state index contributed by atoms with van der Waals surface area (Å²) in [6, 6.07) is 10.0. The van der Waals surface area contributed by atoms with E-state index in [4.69, 9.17) is 23.8 Å². The van der Waals surface area contributed by atoms with Crippen LogP contribution in [0.4, 0.5) is 11.4 Å². The van der Waals surface area contributed by atoms with Crippen LogP contribution in [0.5, 0.6) is 0 Å². The Hall–Kier alpha value is -2.16. The molecule has 0 heterocycles. The number of nitro benzene ring substituents is 1. The first-order chi connectivity index (χ1) is 18.6. The molecule has 40 heavy (non-hydrogen) atoms. The van der Waals surface area contributed by atoms with E-state index in [1.807, 2.05) is 0 Å². The maximum absolute atomic E-state index is 12.2. The Morgan fingerprint density at radius 2 is 0.975 bits per heavy atom. The zero-order valence-corrected chi connectivity index (χ0v) is 25.9. The summed E-state index contributed by atoms with van der Waals surface area (Å²) in [6.45, 7) is 6.74. The van der Waals surface area contributed by atoms with E-state index in [0.29, 0.717) is 5.69 Å². The average molecular weight is 645 g/mol. The molecule has 2 aromatic carbocycles. The predicted molar refractivity (Wildman–Crippen MR) is 150 cm³/mol. The van der Waals surface area contributed by atoms with Crippen LogP contribution in [0.2, 0.25) is 0 Å². The summed E-state index contributed by atoms with van der Waals surface area (Å²) in [6.07, 6.45) is 0. The van der Waals surface area contributed by atoms with E-state index in [0.717, 1.165) is 24.3 Å². The normalized spacial score (nSPS) is 12.4. The van der Waals surface area contributed by atoms with Crippen LogP contribution < -0.4 is 5.73 Å². The number of rotatable bonds is 15. The summed E-state index contributed by atoms with van der Waals surface area (Å²) in [5, 5.41) is 10.5. The second kappa shape index (κ2) is 15.7. The van der Waals surface area contributed by atoms with Crippen molar-refractivity contribution < 1.29 is 49.0 Å². The third-order valence-corrected chi connectivity index (χ3v) is 14.4. The number of nitrogens with two attached hydrogens (primary N) is 1. The van der Waals surface area contributed by atoms with Crippen LogP contribution >= 0.6 is 15.2 Å². The van der Waals surface area contributed by atoms with E-state index in [1.165, 1.54) is 24.3 Å². The summed E-state index contributed by atoms with van der Waals surface area (Å²) in [7, 11) is -15.1. The fourth-order valence-corrected chi connectivity index (χ4v) is 11.6. The highest BCUT2D eigenvalue weighted by atomic mass is 32.2. The van der Waals surface area contributed by atoms with Crippen molar-refractivity contribution >= 4 is 46.2 Å². The number of sulfone groups is 2. The van der Waals surface area contributed by atoms with Gasteiger partial charge in [0, 0.05) is 17.8 Å². The van der Waals surface area contributed by atoms with Crippen molar-refractivity contribution in [3.05, 3.63) is 58.6 Å². The minimum absolute atomic E-state index is 0.0429. The molecule has 14 nitrogen and oxygen atoms in total. The standard InChI is InChI=1S/C11H16NO7PS.C11H18NO5PS/c1-3-18-20(15,19-4-2)9-21(16,17)11-7-5-10(6-8-11)12(13)14;1-3-16-18(13,17-4-2)9-19(14,15)11-7-5-10(12)6-8-11/h5-8H,3-4,9H2,1-2H3;5-8H,3-4,9,12H2,1-2H3. The summed E-state index contributed by atoms with van der Waals surface area (Å²) >= 11 is 0. The van der Waals surface area contributed by atoms with Gasteiger partial charge in [-0.3, -0.25) is 19.2 Å². The van der Waals surface area contributed by atoms with Crippen LogP contribution in [0.1, 0.15) is 27.7 Å². The number of benzene rings is 2. The number of nitro groups is 1. The zero-order valence-electron chi connectivity index (χ0n) is 22.5. The fraction of sp³-hybridized carbons (Fsp3) is 0.455. The summed E-state index contributed by atoms with van der Waals surface area (Å²) in [5.74, 6) is 0. The van der Waals surface area contributed by atoms with Gasteiger partial charge in [-0.2, -0.15) is 0 Å². The zero-order chi connectivity index (χ0) is 30.6. The minimum Gasteiger partial charge on any atom is -0.399 e. The van der Waals surface area contributed by atoms with Crippen molar-refractivity contribution in [2.75, 3.05) is 43.1 Å². The maximum Gasteiger partial charge on any atom is 0.346 e. The maximum atomic E-state index is 12.2. The van der Waals surface area contributed by atoms with Crippen molar-refractivity contribution in [3.8, 4) is 0 Å². The molecule has 2 rings (SSSR count). The molecule has 2 N–H and O–H groups in total. The number of hydrogen-bond donors (Lipinski definition) is 1. The number of non-ortho nitro benzene ring substituents is 1. The van der Waals surface area contributed by atoms with Gasteiger partial charge in [-0.25, -0.2) is 16.8 Å². The smallest absolute Gasteiger partial charge is 0.346 e. The number of nitrogens with zero attached hydrogens (tertiary/aromatic N) is 1. The minimum atomic E-state index is -3.94. The highest BCUT2D eigenvalue weighted by Crippen LogP contribution is 2.51. The Balaban J connectivity index is 0.000000402. The fourth-order valence-electron chi connectivity index (χ4n) is 3.03. The van der Waals surface area contributed by atoms with Crippen LogP contribution in [0.15, 0.2) is 58.3 Å². The Morgan fingerprint density at radius 3 is 1.25 bits per heavy atom. The van der Waals surface area contributed by atoms with E-state index in [-0.39, 0.29) is 41.9 Å². The molecule has 2 aromatic rings. The summed E-state index contributed by atoms with van der Waals surface area (Å²) in [5.41, 5.74) is 4.24. The Kier molecular flexibility index (Phi) is 14.1. The van der Waals surface area contributed by atoms with Gasteiger partial charge < -0.3 is 23.8 Å². The highest BCUT2D eigenvalue weighted by molar-refractivity contribution is 7.98. The van der Waals surface area contributed by atoms with Gasteiger partial charge in [0.05, 0.1) is 41.1 Å². The molecule has 0 saturated heterocycles. The largest absolute Gasteiger partial charge is 0.399 e. The highest BCUT2D eigenvalue weighted by Gasteiger charge is 2.33. The van der Waals surface area contributed by atoms with E-state index in [2.05, 4.69) is 0 Å². The third kappa shape index (κ3) is 11.4. The van der Waals surface area contributed by atoms with Crippen molar-refractivity contribution in [2.24, 2.45) is 0 Å². The molecule has 0 bridgehead atoms. The molecule has 0 aliphatic heterocycles. The van der Waals surface area contributed by atoms with Gasteiger partial charge in [0.2, 0.25) is 0 Å². The first-order valence-corrected chi connectivity index (χ1v) is 18.6. The van der Waals surface area contributed by atoms with Crippen LogP contribution in [0, 0.1) is 10.1 Å². The second-order valence-corrected chi connectivity index (χ2v) is 16.6. The lowest BCUT2D eigenvalue weighted by molar-refractivity contribution is -0.384. The van der Waals surface area contributed by atoms with Gasteiger partial charge in [0.25, 0.3) is 5.69 Å². The van der Waals surface area contributed by atoms with Crippen LogP contribution in [0.3, 0.4) is 0 Å². The molecule has 0 saturated carbocycles. The molecular weight excluding hydrogens is 610 g/mol. The quantitative estimate of drug-likeness (QED) is 0.119. The lowest BCUT2D eigenvalue weighted by atomic mass is 10.3. The Labute approximate surface area is 234 Å². The monoisotopic (exact) mass is 644 g/mol. The van der Waals surface area contributed by atoms with Crippen molar-refractivity contribution in [3.63, 3.8) is 0 Å². The summed E-state index contributed by atoms with van der Waals surface area (Å²) in [4.78, 5) is 9.76. The number of nitrogen functional groups attached to an aromatic ring is 1. The lowest BCUT2D eigenvalue weighted by Gasteiger charge is -2.16. The Morgan fingerprint density at radius 1 is 0.675 bits per heavy atom. The molecule has 0 amide bonds. The Bertz CT molecular complexity index is 1390. The molecule has 0 unspecified atom stereocenters. The van der Waals surface area contributed by atoms with Crippen molar-refractivity contribution in [2.45, 2.75) is 37.5 Å². The van der Waals surface area contributed by atoms with Crippen molar-refractivity contribution in [1.29, 1.82) is 0 Å². The second-order valence-electron chi connectivity index (χ2n) is 7.70. The van der Waals surface area contributed by atoms with Crippen LogP contribution in [0.25, 0.3) is 0 Å². The topological polar surface area (TPSA) is 208 Å². The van der Waals surface area contributed by atoms with Crippen LogP contribution in [-0.2, 0) is 46.9 Å². The van der Waals surface area contributed by atoms with E-state index in [9.17, 15) is 36.1 Å². The third-order valence-electron chi connectivity index (χ3n) is 4.61. The van der Waals surface area contributed by atoms with Crippen LogP contribution in [-0.4, -0.2) is 59.2 Å². The summed E-state index contributed by atoms with van der Waals surface area (Å²) < 4.78 is 92.9. The first kappa shape index (κ1) is 35.9. The molecule has 0 spiro atoms. The molecule has 0 aliphatic rings. The first-order valence-electron chi connectivity index (χ1n) is 11.9. The van der Waals surface area contributed by atoms with Crippen molar-refractivity contribution in [1.82, 2.24) is 0 Å². The van der Waals surface area contributed by atoms with Gasteiger partial charge in [-0.15, -0.1) is 0 Å². The molecule has 0 aliphatic carbocycles. The molecule has 0 aromatic heterocycles. The molecule has 0 radical (unpaired) electrons. The van der Waals surface area contributed by atoms with Gasteiger partial charge in [-0.1, -0.05) is 0 Å². The van der Waals surface area contributed by atoms with Gasteiger partial charge >= 0.3 is 15.2 Å². The van der Waals surface area contributed by atoms with E-state index in [1.54, 1.807) is 27.7 Å². The molecule has 0 atom stereocenters. The van der Waals surface area contributed by atoms with Gasteiger partial charge in [-0.05, 0) is 64.1 Å². The molecule has 18 heteroatoms. The lowest BCUT2D eigenvalue weighted by Crippen LogP contribution is -2.11.